The molecule has 0 aliphatic carbocycles. The molecule has 0 spiro atoms. The highest BCUT2D eigenvalue weighted by molar-refractivity contribution is 7.89. The molecule has 0 saturated carbocycles. The van der Waals surface area contributed by atoms with Gasteiger partial charge in [0.2, 0.25) is 10.0 Å². The molecule has 0 aliphatic rings. The Morgan fingerprint density at radius 3 is 2.28 bits per heavy atom. The quantitative estimate of drug-likeness (QED) is 0.793. The van der Waals surface area contributed by atoms with Crippen molar-refractivity contribution in [3.63, 3.8) is 0 Å². The molecule has 0 fully saturated rings. The zero-order valence-corrected chi connectivity index (χ0v) is 11.8. The second-order valence-corrected chi connectivity index (χ2v) is 6.93. The average Bonchev–Trinajstić information content (AvgIpc) is 2.17. The number of hydrogen-bond acceptors (Lipinski definition) is 4. The summed E-state index contributed by atoms with van der Waals surface area (Å²) >= 11 is 0. The summed E-state index contributed by atoms with van der Waals surface area (Å²) in [5.41, 5.74) is 5.70. The van der Waals surface area contributed by atoms with E-state index in [1.807, 2.05) is 0 Å². The van der Waals surface area contributed by atoms with Crippen molar-refractivity contribution >= 4 is 15.7 Å². The van der Waals surface area contributed by atoms with Crippen LogP contribution in [0.4, 0.5) is 5.69 Å². The number of benzene rings is 1. The molecule has 0 radical (unpaired) electrons. The molecule has 102 valence electrons. The van der Waals surface area contributed by atoms with Crippen LogP contribution in [-0.4, -0.2) is 26.3 Å². The first-order valence-corrected chi connectivity index (χ1v) is 7.33. The maximum atomic E-state index is 11.7. The first kappa shape index (κ1) is 14.8. The maximum Gasteiger partial charge on any atom is 0.215 e. The summed E-state index contributed by atoms with van der Waals surface area (Å²) in [6, 6.07) is 6.83. The van der Waals surface area contributed by atoms with Crippen molar-refractivity contribution in [1.82, 2.24) is 4.72 Å². The first-order valence-electron chi connectivity index (χ1n) is 5.68. The van der Waals surface area contributed by atoms with Crippen LogP contribution in [-0.2, 0) is 10.0 Å². The van der Waals surface area contributed by atoms with Crippen molar-refractivity contribution in [3.8, 4) is 5.75 Å². The van der Waals surface area contributed by atoms with E-state index in [9.17, 15) is 8.42 Å². The fourth-order valence-corrected chi connectivity index (χ4v) is 2.69. The molecule has 1 aromatic carbocycles. The molecule has 0 saturated heterocycles. The molecule has 0 amide bonds. The van der Waals surface area contributed by atoms with Crippen molar-refractivity contribution in [1.29, 1.82) is 0 Å². The zero-order chi connectivity index (χ0) is 13.8. The van der Waals surface area contributed by atoms with Crippen molar-refractivity contribution in [2.75, 3.05) is 18.1 Å². The molecule has 3 N–H and O–H groups in total. The number of hydrogen-bond donors (Lipinski definition) is 2. The van der Waals surface area contributed by atoms with E-state index < -0.39 is 15.6 Å². The minimum absolute atomic E-state index is 0.0748. The van der Waals surface area contributed by atoms with E-state index in [4.69, 9.17) is 10.5 Å². The van der Waals surface area contributed by atoms with Gasteiger partial charge in [0.05, 0.1) is 5.75 Å². The molecule has 0 bridgehead atoms. The SMILES string of the molecule is CC(C)(C)NS(=O)(=O)CCOc1ccc(N)cc1. The molecule has 0 atom stereocenters. The lowest BCUT2D eigenvalue weighted by Gasteiger charge is -2.20. The minimum atomic E-state index is -3.32. The minimum Gasteiger partial charge on any atom is -0.492 e. The van der Waals surface area contributed by atoms with Crippen LogP contribution in [0.15, 0.2) is 24.3 Å². The molecule has 0 aromatic heterocycles. The Balaban J connectivity index is 2.44. The largest absolute Gasteiger partial charge is 0.492 e. The summed E-state index contributed by atoms with van der Waals surface area (Å²) in [5, 5.41) is 0. The second kappa shape index (κ2) is 5.58. The highest BCUT2D eigenvalue weighted by Crippen LogP contribution is 2.13. The maximum absolute atomic E-state index is 11.7. The van der Waals surface area contributed by atoms with Crippen LogP contribution in [0.3, 0.4) is 0 Å². The number of rotatable bonds is 5. The smallest absolute Gasteiger partial charge is 0.215 e. The third-order valence-corrected chi connectivity index (χ3v) is 3.59. The fourth-order valence-electron chi connectivity index (χ4n) is 1.35. The molecule has 0 aliphatic heterocycles. The van der Waals surface area contributed by atoms with Crippen molar-refractivity contribution in [2.45, 2.75) is 26.3 Å². The average molecular weight is 272 g/mol. The number of sulfonamides is 1. The molecule has 0 unspecified atom stereocenters. The number of ether oxygens (including phenoxy) is 1. The zero-order valence-electron chi connectivity index (χ0n) is 10.9. The Hall–Kier alpha value is -1.27. The van der Waals surface area contributed by atoms with Gasteiger partial charge in [0, 0.05) is 11.2 Å². The van der Waals surface area contributed by atoms with Crippen LogP contribution < -0.4 is 15.2 Å². The Labute approximate surface area is 108 Å². The lowest BCUT2D eigenvalue weighted by molar-refractivity contribution is 0.339. The van der Waals surface area contributed by atoms with E-state index in [0.29, 0.717) is 11.4 Å². The van der Waals surface area contributed by atoms with Crippen LogP contribution in [0.5, 0.6) is 5.75 Å². The van der Waals surface area contributed by atoms with Gasteiger partial charge in [-0.25, -0.2) is 13.1 Å². The Kier molecular flexibility index (Phi) is 4.59. The predicted molar refractivity (Wildman–Crippen MR) is 73.0 cm³/mol. The van der Waals surface area contributed by atoms with Gasteiger partial charge in [-0.15, -0.1) is 0 Å². The summed E-state index contributed by atoms with van der Waals surface area (Å²) in [4.78, 5) is 0. The molecule has 1 rings (SSSR count). The molecule has 0 heterocycles. The van der Waals surface area contributed by atoms with Gasteiger partial charge in [0.1, 0.15) is 12.4 Å². The van der Waals surface area contributed by atoms with Gasteiger partial charge < -0.3 is 10.5 Å². The fraction of sp³-hybridized carbons (Fsp3) is 0.500. The van der Waals surface area contributed by atoms with Gasteiger partial charge in [-0.1, -0.05) is 0 Å². The summed E-state index contributed by atoms with van der Waals surface area (Å²) in [5.74, 6) is 0.532. The number of nitrogens with two attached hydrogens (primary N) is 1. The molecular formula is C12H20N2O3S. The van der Waals surface area contributed by atoms with E-state index >= 15 is 0 Å². The third kappa shape index (κ3) is 5.88. The lowest BCUT2D eigenvalue weighted by atomic mass is 10.1. The number of anilines is 1. The molecule has 18 heavy (non-hydrogen) atoms. The van der Waals surface area contributed by atoms with E-state index in [1.54, 1.807) is 45.0 Å². The van der Waals surface area contributed by atoms with Gasteiger partial charge >= 0.3 is 0 Å². The summed E-state index contributed by atoms with van der Waals surface area (Å²) in [6.45, 7) is 5.50. The van der Waals surface area contributed by atoms with Gasteiger partial charge in [-0.3, -0.25) is 0 Å². The summed E-state index contributed by atoms with van der Waals surface area (Å²) < 4.78 is 31.3. The van der Waals surface area contributed by atoms with Crippen molar-refractivity contribution in [2.24, 2.45) is 0 Å². The van der Waals surface area contributed by atoms with Gasteiger partial charge in [0.25, 0.3) is 0 Å². The van der Waals surface area contributed by atoms with Crippen molar-refractivity contribution in [3.05, 3.63) is 24.3 Å². The second-order valence-electron chi connectivity index (χ2n) is 5.09. The third-order valence-electron chi connectivity index (χ3n) is 1.96. The van der Waals surface area contributed by atoms with Gasteiger partial charge in [-0.2, -0.15) is 0 Å². The Morgan fingerprint density at radius 1 is 1.22 bits per heavy atom. The van der Waals surface area contributed by atoms with E-state index in [0.717, 1.165) is 0 Å². The van der Waals surface area contributed by atoms with Crippen LogP contribution in [0.25, 0.3) is 0 Å². The molecule has 5 nitrogen and oxygen atoms in total. The molecule has 1 aromatic rings. The Morgan fingerprint density at radius 2 is 1.78 bits per heavy atom. The first-order chi connectivity index (χ1) is 8.18. The van der Waals surface area contributed by atoms with Crippen LogP contribution >= 0.6 is 0 Å². The lowest BCUT2D eigenvalue weighted by Crippen LogP contribution is -2.42. The highest BCUT2D eigenvalue weighted by Gasteiger charge is 2.19. The Bertz CT molecular complexity index is 475. The molecule has 6 heteroatoms. The number of nitrogen functional groups attached to an aromatic ring is 1. The summed E-state index contributed by atoms with van der Waals surface area (Å²) in [6.07, 6.45) is 0. The van der Waals surface area contributed by atoms with Crippen LogP contribution in [0.2, 0.25) is 0 Å². The number of nitrogens with one attached hydrogen (secondary N) is 1. The van der Waals surface area contributed by atoms with E-state index in [1.165, 1.54) is 0 Å². The normalized spacial score (nSPS) is 12.4. The highest BCUT2D eigenvalue weighted by atomic mass is 32.2. The van der Waals surface area contributed by atoms with E-state index in [-0.39, 0.29) is 12.4 Å². The summed E-state index contributed by atoms with van der Waals surface area (Å²) in [7, 11) is -3.32. The van der Waals surface area contributed by atoms with Gasteiger partial charge in [-0.05, 0) is 45.0 Å². The van der Waals surface area contributed by atoms with E-state index in [2.05, 4.69) is 4.72 Å². The monoisotopic (exact) mass is 272 g/mol. The predicted octanol–water partition coefficient (Wildman–Crippen LogP) is 1.37. The van der Waals surface area contributed by atoms with Crippen LogP contribution in [0.1, 0.15) is 20.8 Å². The van der Waals surface area contributed by atoms with Crippen LogP contribution in [0, 0.1) is 0 Å². The van der Waals surface area contributed by atoms with Crippen molar-refractivity contribution < 1.29 is 13.2 Å². The standard InChI is InChI=1S/C12H20N2O3S/c1-12(2,3)14-18(15,16)9-8-17-11-6-4-10(13)5-7-11/h4-7,14H,8-9,13H2,1-3H3. The van der Waals surface area contributed by atoms with Gasteiger partial charge in [0.15, 0.2) is 0 Å². The molecular weight excluding hydrogens is 252 g/mol. The topological polar surface area (TPSA) is 81.4 Å².